The zero-order valence-electron chi connectivity index (χ0n) is 19.3. The average molecular weight is 418 g/mol. The van der Waals surface area contributed by atoms with Crippen molar-refractivity contribution >= 4 is 0 Å². The Kier molecular flexibility index (Phi) is 9.97. The summed E-state index contributed by atoms with van der Waals surface area (Å²) in [5.41, 5.74) is 3.60. The van der Waals surface area contributed by atoms with Crippen molar-refractivity contribution < 1.29 is 4.74 Å². The van der Waals surface area contributed by atoms with E-state index in [1.54, 1.807) is 0 Å². The molecule has 0 heterocycles. The summed E-state index contributed by atoms with van der Waals surface area (Å²) in [4.78, 5) is 0. The maximum atomic E-state index is 8.98. The summed E-state index contributed by atoms with van der Waals surface area (Å²) in [6.07, 6.45) is 15.6. The highest BCUT2D eigenvalue weighted by Gasteiger charge is 2.23. The number of nitriles is 1. The molecule has 2 aromatic rings. The Morgan fingerprint density at radius 1 is 0.710 bits per heavy atom. The highest BCUT2D eigenvalue weighted by atomic mass is 16.5. The Morgan fingerprint density at radius 3 is 1.71 bits per heavy atom. The number of ether oxygens (including phenoxy) is 1. The number of unbranched alkanes of at least 4 members (excludes halogenated alkanes) is 7. The van der Waals surface area contributed by atoms with Crippen molar-refractivity contribution in [2.45, 2.75) is 95.8 Å². The minimum absolute atomic E-state index is 0.637. The maximum absolute atomic E-state index is 8.98. The molecule has 0 amide bonds. The molecule has 1 fully saturated rings. The second kappa shape index (κ2) is 13.2. The summed E-state index contributed by atoms with van der Waals surface area (Å²) >= 11 is 0. The lowest BCUT2D eigenvalue weighted by molar-refractivity contribution is 0.304. The molecule has 0 atom stereocenters. The Hall–Kier alpha value is -2.27. The van der Waals surface area contributed by atoms with Gasteiger partial charge in [-0.15, -0.1) is 0 Å². The van der Waals surface area contributed by atoms with E-state index in [-0.39, 0.29) is 0 Å². The molecule has 0 aromatic heterocycles. The van der Waals surface area contributed by atoms with Crippen LogP contribution in [0.4, 0.5) is 0 Å². The number of hydrogen-bond donors (Lipinski definition) is 0. The van der Waals surface area contributed by atoms with Gasteiger partial charge in [0.05, 0.1) is 18.2 Å². The molecule has 3 rings (SSSR count). The summed E-state index contributed by atoms with van der Waals surface area (Å²) in [6.45, 7) is 3.11. The molecule has 1 aliphatic rings. The molecule has 31 heavy (non-hydrogen) atoms. The lowest BCUT2D eigenvalue weighted by Crippen LogP contribution is -2.12. The van der Waals surface area contributed by atoms with Crippen LogP contribution in [0.5, 0.6) is 5.75 Å². The van der Waals surface area contributed by atoms with Gasteiger partial charge in [-0.25, -0.2) is 0 Å². The van der Waals surface area contributed by atoms with Gasteiger partial charge in [-0.3, -0.25) is 0 Å². The van der Waals surface area contributed by atoms with E-state index in [9.17, 15) is 0 Å². The van der Waals surface area contributed by atoms with Gasteiger partial charge in [-0.1, -0.05) is 76.1 Å². The second-order valence-corrected chi connectivity index (χ2v) is 9.17. The highest BCUT2D eigenvalue weighted by Crippen LogP contribution is 2.40. The quantitative estimate of drug-likeness (QED) is 0.324. The van der Waals surface area contributed by atoms with Gasteiger partial charge in [0.25, 0.3) is 0 Å². The predicted molar refractivity (Wildman–Crippen MR) is 130 cm³/mol. The van der Waals surface area contributed by atoms with Crippen molar-refractivity contribution in [2.75, 3.05) is 6.61 Å². The molecule has 0 aliphatic heterocycles. The second-order valence-electron chi connectivity index (χ2n) is 9.17. The van der Waals surface area contributed by atoms with Gasteiger partial charge < -0.3 is 4.74 Å². The Labute approximate surface area is 189 Å². The van der Waals surface area contributed by atoms with Gasteiger partial charge in [-0.2, -0.15) is 5.26 Å². The van der Waals surface area contributed by atoms with E-state index in [1.165, 1.54) is 81.8 Å². The predicted octanol–water partition coefficient (Wildman–Crippen LogP) is 8.52. The molecule has 0 radical (unpaired) electrons. The molecular formula is C29H39NO. The summed E-state index contributed by atoms with van der Waals surface area (Å²) in [5, 5.41) is 8.98. The van der Waals surface area contributed by atoms with Crippen LogP contribution in [-0.4, -0.2) is 6.61 Å². The van der Waals surface area contributed by atoms with Crippen molar-refractivity contribution in [3.63, 3.8) is 0 Å². The molecule has 2 aromatic carbocycles. The lowest BCUT2D eigenvalue weighted by Gasteiger charge is -2.29. The number of rotatable bonds is 12. The molecule has 1 aliphatic carbocycles. The fourth-order valence-electron chi connectivity index (χ4n) is 4.85. The topological polar surface area (TPSA) is 33.0 Å². The van der Waals surface area contributed by atoms with Crippen LogP contribution < -0.4 is 4.74 Å². The zero-order valence-corrected chi connectivity index (χ0v) is 19.3. The van der Waals surface area contributed by atoms with Gasteiger partial charge in [0.1, 0.15) is 5.75 Å². The molecule has 2 nitrogen and oxygen atoms in total. The van der Waals surface area contributed by atoms with Crippen LogP contribution in [0.15, 0.2) is 48.5 Å². The first-order valence-corrected chi connectivity index (χ1v) is 12.5. The van der Waals surface area contributed by atoms with Crippen LogP contribution in [0.1, 0.15) is 112 Å². The maximum Gasteiger partial charge on any atom is 0.119 e. The van der Waals surface area contributed by atoms with E-state index in [0.29, 0.717) is 11.8 Å². The molecule has 0 bridgehead atoms. The number of nitrogens with zero attached hydrogens (tertiary/aromatic N) is 1. The lowest BCUT2D eigenvalue weighted by atomic mass is 9.76. The first kappa shape index (κ1) is 23.4. The Balaban J connectivity index is 1.33. The van der Waals surface area contributed by atoms with Crippen LogP contribution in [0.3, 0.4) is 0 Å². The van der Waals surface area contributed by atoms with Gasteiger partial charge in [-0.05, 0) is 79.3 Å². The van der Waals surface area contributed by atoms with Gasteiger partial charge in [0.2, 0.25) is 0 Å². The zero-order chi connectivity index (χ0) is 21.7. The minimum Gasteiger partial charge on any atom is -0.494 e. The molecule has 1 saturated carbocycles. The van der Waals surface area contributed by atoms with Crippen molar-refractivity contribution in [3.8, 4) is 11.8 Å². The minimum atomic E-state index is 0.637. The van der Waals surface area contributed by atoms with Crippen LogP contribution in [0, 0.1) is 11.3 Å². The van der Waals surface area contributed by atoms with E-state index < -0.39 is 0 Å². The molecule has 0 saturated heterocycles. The van der Waals surface area contributed by atoms with Crippen LogP contribution >= 0.6 is 0 Å². The third-order valence-corrected chi connectivity index (χ3v) is 6.86. The largest absolute Gasteiger partial charge is 0.494 e. The molecule has 166 valence electrons. The molecule has 2 heteroatoms. The van der Waals surface area contributed by atoms with E-state index in [1.807, 2.05) is 12.1 Å². The molecular weight excluding hydrogens is 378 g/mol. The summed E-state index contributed by atoms with van der Waals surface area (Å²) in [7, 11) is 0. The third-order valence-electron chi connectivity index (χ3n) is 6.86. The first-order chi connectivity index (χ1) is 15.3. The van der Waals surface area contributed by atoms with Gasteiger partial charge >= 0.3 is 0 Å². The summed E-state index contributed by atoms with van der Waals surface area (Å²) in [6, 6.07) is 19.3. The SMILES string of the molecule is CCCCCCCCCCOc1ccc(C2CCC(c3ccc(C#N)cc3)CC2)cc1. The van der Waals surface area contributed by atoms with Crippen LogP contribution in [-0.2, 0) is 0 Å². The normalized spacial score (nSPS) is 18.5. The monoisotopic (exact) mass is 417 g/mol. The summed E-state index contributed by atoms with van der Waals surface area (Å²) in [5.74, 6) is 2.31. The molecule has 0 spiro atoms. The summed E-state index contributed by atoms with van der Waals surface area (Å²) < 4.78 is 5.96. The van der Waals surface area contributed by atoms with Crippen molar-refractivity contribution in [1.82, 2.24) is 0 Å². The standard InChI is InChI=1S/C29H39NO/c1-2-3-4-5-6-7-8-9-22-31-29-20-18-28(19-21-29)27-16-14-26(15-17-27)25-12-10-24(23-30)11-13-25/h10-13,18-21,26-27H,2-9,14-17,22H2,1H3. The first-order valence-electron chi connectivity index (χ1n) is 12.5. The van der Waals surface area contributed by atoms with Crippen molar-refractivity contribution in [2.24, 2.45) is 0 Å². The van der Waals surface area contributed by atoms with Gasteiger partial charge in [0, 0.05) is 0 Å². The van der Waals surface area contributed by atoms with Gasteiger partial charge in [0.15, 0.2) is 0 Å². The van der Waals surface area contributed by atoms with E-state index >= 15 is 0 Å². The molecule has 0 unspecified atom stereocenters. The van der Waals surface area contributed by atoms with E-state index in [0.717, 1.165) is 24.3 Å². The number of hydrogen-bond acceptors (Lipinski definition) is 2. The van der Waals surface area contributed by atoms with E-state index in [2.05, 4.69) is 49.4 Å². The third kappa shape index (κ3) is 7.73. The fourth-order valence-corrected chi connectivity index (χ4v) is 4.85. The van der Waals surface area contributed by atoms with Crippen LogP contribution in [0.2, 0.25) is 0 Å². The average Bonchev–Trinajstić information content (AvgIpc) is 2.83. The van der Waals surface area contributed by atoms with Crippen molar-refractivity contribution in [3.05, 3.63) is 65.2 Å². The Bertz CT molecular complexity index is 779. The Morgan fingerprint density at radius 2 is 1.19 bits per heavy atom. The van der Waals surface area contributed by atoms with Crippen LogP contribution in [0.25, 0.3) is 0 Å². The number of benzene rings is 2. The smallest absolute Gasteiger partial charge is 0.119 e. The fraction of sp³-hybridized carbons (Fsp3) is 0.552. The van der Waals surface area contributed by atoms with Crippen molar-refractivity contribution in [1.29, 1.82) is 5.26 Å². The molecule has 0 N–H and O–H groups in total. The van der Waals surface area contributed by atoms with E-state index in [4.69, 9.17) is 10.00 Å². The highest BCUT2D eigenvalue weighted by molar-refractivity contribution is 5.34.